The van der Waals surface area contributed by atoms with Crippen LogP contribution in [-0.2, 0) is 21.1 Å². The van der Waals surface area contributed by atoms with Crippen LogP contribution in [0.2, 0.25) is 5.02 Å². The van der Waals surface area contributed by atoms with E-state index in [4.69, 9.17) is 11.6 Å². The highest BCUT2D eigenvalue weighted by Gasteiger charge is 2.39. The molecular formula is C13H15ClFNO3S. The number of carbonyl (C=O) groups is 1. The lowest BCUT2D eigenvalue weighted by molar-refractivity contribution is -0.122. The van der Waals surface area contributed by atoms with Crippen molar-refractivity contribution in [1.82, 2.24) is 5.32 Å². The maximum absolute atomic E-state index is 13.6. The lowest BCUT2D eigenvalue weighted by Crippen LogP contribution is -2.47. The zero-order valence-corrected chi connectivity index (χ0v) is 12.5. The molecule has 1 aromatic carbocycles. The number of amides is 1. The maximum atomic E-state index is 13.6. The fraction of sp³-hybridized carbons (Fsp3) is 0.462. The molecule has 4 nitrogen and oxygen atoms in total. The van der Waals surface area contributed by atoms with Crippen LogP contribution in [0.1, 0.15) is 18.9 Å². The highest BCUT2D eigenvalue weighted by molar-refractivity contribution is 7.91. The lowest BCUT2D eigenvalue weighted by atomic mass is 10.0. The molecule has 0 aromatic heterocycles. The van der Waals surface area contributed by atoms with Crippen molar-refractivity contribution in [2.45, 2.75) is 25.3 Å². The Kier molecular flexibility index (Phi) is 4.07. The van der Waals surface area contributed by atoms with Crippen molar-refractivity contribution in [1.29, 1.82) is 0 Å². The Hall–Kier alpha value is -1.14. The number of sulfone groups is 1. The standard InChI is InChI=1S/C13H15ClFNO3S/c1-13(5-6-20(18,19)8-13)16-12(17)7-9-10(14)3-2-4-11(9)15/h2-4H,5-8H2,1H3,(H,16,17)/t13-/m0/s1. The first-order chi connectivity index (χ1) is 9.21. The van der Waals surface area contributed by atoms with Crippen molar-refractivity contribution < 1.29 is 17.6 Å². The van der Waals surface area contributed by atoms with Gasteiger partial charge in [-0.25, -0.2) is 12.8 Å². The van der Waals surface area contributed by atoms with Crippen LogP contribution in [0.5, 0.6) is 0 Å². The van der Waals surface area contributed by atoms with Gasteiger partial charge in [-0.1, -0.05) is 17.7 Å². The van der Waals surface area contributed by atoms with Crippen LogP contribution in [0.25, 0.3) is 0 Å². The second-order valence-corrected chi connectivity index (χ2v) is 7.92. The molecule has 0 radical (unpaired) electrons. The summed E-state index contributed by atoms with van der Waals surface area (Å²) in [5, 5.41) is 2.85. The molecule has 0 spiro atoms. The van der Waals surface area contributed by atoms with Crippen molar-refractivity contribution in [3.8, 4) is 0 Å². The molecule has 0 bridgehead atoms. The summed E-state index contributed by atoms with van der Waals surface area (Å²) in [5.74, 6) is -1.01. The number of halogens is 2. The highest BCUT2D eigenvalue weighted by atomic mass is 35.5. The van der Waals surface area contributed by atoms with Gasteiger partial charge in [0.1, 0.15) is 5.82 Å². The molecule has 110 valence electrons. The van der Waals surface area contributed by atoms with E-state index in [1.54, 1.807) is 6.92 Å². The van der Waals surface area contributed by atoms with Gasteiger partial charge in [-0.2, -0.15) is 0 Å². The quantitative estimate of drug-likeness (QED) is 0.922. The van der Waals surface area contributed by atoms with E-state index in [1.165, 1.54) is 18.2 Å². The van der Waals surface area contributed by atoms with Gasteiger partial charge in [-0.15, -0.1) is 0 Å². The van der Waals surface area contributed by atoms with Crippen molar-refractivity contribution in [2.24, 2.45) is 0 Å². The average Bonchev–Trinajstić information content (AvgIpc) is 2.58. The van der Waals surface area contributed by atoms with Crippen LogP contribution in [0.4, 0.5) is 4.39 Å². The molecule has 0 unspecified atom stereocenters. The van der Waals surface area contributed by atoms with Gasteiger partial charge < -0.3 is 5.32 Å². The minimum Gasteiger partial charge on any atom is -0.350 e. The minimum atomic E-state index is -3.10. The first-order valence-corrected chi connectivity index (χ1v) is 8.35. The van der Waals surface area contributed by atoms with Crippen LogP contribution >= 0.6 is 11.6 Å². The summed E-state index contributed by atoms with van der Waals surface area (Å²) in [6.07, 6.45) is 0.160. The molecule has 1 aliphatic rings. The SMILES string of the molecule is C[C@]1(NC(=O)Cc2c(F)cccc2Cl)CCS(=O)(=O)C1. The summed E-state index contributed by atoms with van der Waals surface area (Å²) in [7, 11) is -3.10. The molecule has 1 N–H and O–H groups in total. The fourth-order valence-electron chi connectivity index (χ4n) is 2.35. The van der Waals surface area contributed by atoms with E-state index in [-0.39, 0.29) is 28.5 Å². The molecule has 7 heteroatoms. The Bertz CT molecular complexity index is 627. The van der Waals surface area contributed by atoms with Gasteiger partial charge in [-0.05, 0) is 25.5 Å². The van der Waals surface area contributed by atoms with Crippen LogP contribution in [0.3, 0.4) is 0 Å². The first kappa shape index (κ1) is 15.3. The van der Waals surface area contributed by atoms with Gasteiger partial charge in [-0.3, -0.25) is 4.79 Å². The molecule has 1 heterocycles. The molecule has 1 saturated heterocycles. The van der Waals surface area contributed by atoms with Crippen LogP contribution in [0.15, 0.2) is 18.2 Å². The molecule has 0 aliphatic carbocycles. The maximum Gasteiger partial charge on any atom is 0.225 e. The van der Waals surface area contributed by atoms with Crippen LogP contribution in [0, 0.1) is 5.82 Å². The number of carbonyl (C=O) groups excluding carboxylic acids is 1. The van der Waals surface area contributed by atoms with Gasteiger partial charge in [0.25, 0.3) is 0 Å². The normalized spacial score (nSPS) is 24.6. The van der Waals surface area contributed by atoms with E-state index in [0.717, 1.165) is 0 Å². The van der Waals surface area contributed by atoms with E-state index in [1.807, 2.05) is 0 Å². The molecule has 1 fully saturated rings. The summed E-state index contributed by atoms with van der Waals surface area (Å²) in [6, 6.07) is 4.20. The van der Waals surface area contributed by atoms with Gasteiger partial charge >= 0.3 is 0 Å². The molecule has 1 amide bonds. The lowest BCUT2D eigenvalue weighted by Gasteiger charge is -2.24. The minimum absolute atomic E-state index is 0.0598. The molecule has 2 rings (SSSR count). The summed E-state index contributed by atoms with van der Waals surface area (Å²) < 4.78 is 36.5. The largest absolute Gasteiger partial charge is 0.350 e. The molecular weight excluding hydrogens is 305 g/mol. The van der Waals surface area contributed by atoms with Crippen molar-refractivity contribution in [3.63, 3.8) is 0 Å². The molecule has 1 aliphatic heterocycles. The predicted molar refractivity (Wildman–Crippen MR) is 74.9 cm³/mol. The summed E-state index contributed by atoms with van der Waals surface area (Å²) >= 11 is 5.85. The van der Waals surface area contributed by atoms with Crippen LogP contribution < -0.4 is 5.32 Å². The zero-order chi connectivity index (χ0) is 15.0. The van der Waals surface area contributed by atoms with E-state index >= 15 is 0 Å². The smallest absolute Gasteiger partial charge is 0.225 e. The topological polar surface area (TPSA) is 63.2 Å². The number of rotatable bonds is 3. The monoisotopic (exact) mass is 319 g/mol. The van der Waals surface area contributed by atoms with E-state index in [9.17, 15) is 17.6 Å². The fourth-order valence-corrected chi connectivity index (χ4v) is 4.67. The number of nitrogens with one attached hydrogen (secondary N) is 1. The van der Waals surface area contributed by atoms with Crippen molar-refractivity contribution in [3.05, 3.63) is 34.6 Å². The van der Waals surface area contributed by atoms with E-state index < -0.39 is 27.1 Å². The second-order valence-electron chi connectivity index (χ2n) is 5.33. The van der Waals surface area contributed by atoms with Gasteiger partial charge in [0, 0.05) is 10.6 Å². The summed E-state index contributed by atoms with van der Waals surface area (Å²) in [4.78, 5) is 12.0. The Morgan fingerprint density at radius 3 is 2.75 bits per heavy atom. The molecule has 0 saturated carbocycles. The predicted octanol–water partition coefficient (Wildman–Crippen LogP) is 1.72. The third kappa shape index (κ3) is 3.49. The van der Waals surface area contributed by atoms with Crippen molar-refractivity contribution >= 4 is 27.3 Å². The second kappa shape index (κ2) is 5.33. The van der Waals surface area contributed by atoms with Crippen molar-refractivity contribution in [2.75, 3.05) is 11.5 Å². The average molecular weight is 320 g/mol. The van der Waals surface area contributed by atoms with Crippen LogP contribution in [-0.4, -0.2) is 31.4 Å². The number of hydrogen-bond donors (Lipinski definition) is 1. The van der Waals surface area contributed by atoms with Gasteiger partial charge in [0.15, 0.2) is 9.84 Å². The third-order valence-electron chi connectivity index (χ3n) is 3.34. The number of hydrogen-bond acceptors (Lipinski definition) is 3. The van der Waals surface area contributed by atoms with Gasteiger partial charge in [0.2, 0.25) is 5.91 Å². The Morgan fingerprint density at radius 2 is 2.20 bits per heavy atom. The third-order valence-corrected chi connectivity index (χ3v) is 5.60. The number of benzene rings is 1. The Morgan fingerprint density at radius 1 is 1.50 bits per heavy atom. The summed E-state index contributed by atoms with van der Waals surface area (Å²) in [5.41, 5.74) is -0.663. The molecule has 1 aromatic rings. The highest BCUT2D eigenvalue weighted by Crippen LogP contribution is 2.24. The Labute approximate surface area is 122 Å². The van der Waals surface area contributed by atoms with Gasteiger partial charge in [0.05, 0.1) is 23.5 Å². The Balaban J connectivity index is 2.07. The zero-order valence-electron chi connectivity index (χ0n) is 10.9. The first-order valence-electron chi connectivity index (χ1n) is 6.15. The van der Waals surface area contributed by atoms with E-state index in [2.05, 4.69) is 5.32 Å². The molecule has 20 heavy (non-hydrogen) atoms. The molecule has 1 atom stereocenters. The van der Waals surface area contributed by atoms with E-state index in [0.29, 0.717) is 6.42 Å². The summed E-state index contributed by atoms with van der Waals surface area (Å²) in [6.45, 7) is 1.68.